The van der Waals surface area contributed by atoms with Crippen LogP contribution < -0.4 is 0 Å². The highest BCUT2D eigenvalue weighted by Crippen LogP contribution is 2.10. The minimum atomic E-state index is -1.06. The molecule has 0 N–H and O–H groups in total. The number of benzene rings is 1. The van der Waals surface area contributed by atoms with Gasteiger partial charge in [0.25, 0.3) is 0 Å². The van der Waals surface area contributed by atoms with Crippen molar-refractivity contribution in [3.63, 3.8) is 0 Å². The molecule has 0 heterocycles. The Labute approximate surface area is 106 Å². The first-order chi connectivity index (χ1) is 8.56. The zero-order valence-corrected chi connectivity index (χ0v) is 10.5. The van der Waals surface area contributed by atoms with E-state index >= 15 is 0 Å². The Kier molecular flexibility index (Phi) is 5.11. The van der Waals surface area contributed by atoms with E-state index in [1.165, 1.54) is 0 Å². The van der Waals surface area contributed by atoms with Crippen molar-refractivity contribution in [1.82, 2.24) is 0 Å². The van der Waals surface area contributed by atoms with E-state index in [2.05, 4.69) is 6.58 Å². The van der Waals surface area contributed by atoms with Crippen molar-refractivity contribution < 1.29 is 19.1 Å². The van der Waals surface area contributed by atoms with E-state index in [1.54, 1.807) is 44.2 Å². The molecule has 96 valence electrons. The van der Waals surface area contributed by atoms with Crippen LogP contribution in [-0.2, 0) is 14.3 Å². The lowest BCUT2D eigenvalue weighted by molar-refractivity contribution is -0.151. The minimum absolute atomic E-state index is 0.228. The highest BCUT2D eigenvalue weighted by Gasteiger charge is 2.25. The van der Waals surface area contributed by atoms with Crippen LogP contribution in [0.3, 0.4) is 0 Å². The lowest BCUT2D eigenvalue weighted by Gasteiger charge is -2.16. The van der Waals surface area contributed by atoms with E-state index in [-0.39, 0.29) is 6.61 Å². The highest BCUT2D eigenvalue weighted by molar-refractivity contribution is 5.92. The van der Waals surface area contributed by atoms with Crippen LogP contribution in [0.5, 0.6) is 0 Å². The Morgan fingerprint density at radius 3 is 2.39 bits per heavy atom. The van der Waals surface area contributed by atoms with Gasteiger partial charge < -0.3 is 9.47 Å². The van der Waals surface area contributed by atoms with E-state index in [0.29, 0.717) is 11.1 Å². The van der Waals surface area contributed by atoms with Gasteiger partial charge in [-0.15, -0.1) is 0 Å². The van der Waals surface area contributed by atoms with E-state index in [4.69, 9.17) is 9.47 Å². The Balaban J connectivity index is 2.76. The summed E-state index contributed by atoms with van der Waals surface area (Å²) in [6.45, 7) is 7.15. The topological polar surface area (TPSA) is 52.6 Å². The molecule has 0 saturated heterocycles. The van der Waals surface area contributed by atoms with Crippen molar-refractivity contribution in [3.05, 3.63) is 48.0 Å². The van der Waals surface area contributed by atoms with Gasteiger partial charge in [-0.25, -0.2) is 9.59 Å². The van der Waals surface area contributed by atoms with Gasteiger partial charge in [0, 0.05) is 0 Å². The van der Waals surface area contributed by atoms with Crippen molar-refractivity contribution in [2.45, 2.75) is 20.0 Å². The summed E-state index contributed by atoms with van der Waals surface area (Å²) in [5, 5.41) is 0. The molecule has 1 atom stereocenters. The van der Waals surface area contributed by atoms with Gasteiger partial charge in [0.1, 0.15) is 0 Å². The highest BCUT2D eigenvalue weighted by atomic mass is 16.6. The lowest BCUT2D eigenvalue weighted by atomic mass is 10.2. The minimum Gasteiger partial charge on any atom is -0.463 e. The summed E-state index contributed by atoms with van der Waals surface area (Å²) in [7, 11) is 0. The van der Waals surface area contributed by atoms with E-state index in [9.17, 15) is 9.59 Å². The van der Waals surface area contributed by atoms with Crippen molar-refractivity contribution in [1.29, 1.82) is 0 Å². The van der Waals surface area contributed by atoms with Crippen LogP contribution in [0.25, 0.3) is 0 Å². The first-order valence-electron chi connectivity index (χ1n) is 5.64. The molecule has 1 aromatic rings. The Bertz CT molecular complexity index is 436. The fraction of sp³-hybridized carbons (Fsp3) is 0.286. The van der Waals surface area contributed by atoms with Crippen molar-refractivity contribution in [2.75, 3.05) is 6.61 Å². The summed E-state index contributed by atoms with van der Waals surface area (Å²) >= 11 is 0. The first-order valence-corrected chi connectivity index (χ1v) is 5.64. The van der Waals surface area contributed by atoms with Gasteiger partial charge >= 0.3 is 11.9 Å². The third kappa shape index (κ3) is 3.73. The van der Waals surface area contributed by atoms with Crippen LogP contribution in [0.1, 0.15) is 24.2 Å². The first kappa shape index (κ1) is 14.0. The summed E-state index contributed by atoms with van der Waals surface area (Å²) in [5.74, 6) is -1.18. The Morgan fingerprint density at radius 1 is 1.28 bits per heavy atom. The number of carbonyl (C=O) groups excluding carboxylic acids is 2. The van der Waals surface area contributed by atoms with Gasteiger partial charge in [-0.1, -0.05) is 24.8 Å². The van der Waals surface area contributed by atoms with Crippen LogP contribution in [0, 0.1) is 0 Å². The summed E-state index contributed by atoms with van der Waals surface area (Å²) in [5.41, 5.74) is 0.811. The maximum absolute atomic E-state index is 11.8. The second-order valence-electron chi connectivity index (χ2n) is 3.75. The van der Waals surface area contributed by atoms with Gasteiger partial charge in [-0.2, -0.15) is 0 Å². The molecule has 0 aliphatic carbocycles. The lowest BCUT2D eigenvalue weighted by Crippen LogP contribution is -2.30. The van der Waals surface area contributed by atoms with Crippen molar-refractivity contribution in [2.24, 2.45) is 0 Å². The molecule has 1 rings (SSSR count). The molecule has 0 spiro atoms. The van der Waals surface area contributed by atoms with Gasteiger partial charge in [-0.05, 0) is 31.6 Å². The molecule has 0 saturated carbocycles. The zero-order chi connectivity index (χ0) is 13.5. The predicted molar refractivity (Wildman–Crippen MR) is 67.1 cm³/mol. The normalized spacial score (nSPS) is 11.4. The predicted octanol–water partition coefficient (Wildman–Crippen LogP) is 2.35. The van der Waals surface area contributed by atoms with E-state index in [0.717, 1.165) is 0 Å². The standard InChI is InChI=1S/C14H16O4/c1-4-17-14(16)12(10(2)3)18-13(15)11-8-6-5-7-9-11/h5-9,12H,2,4H2,1,3H3. The number of esters is 2. The second kappa shape index (κ2) is 6.59. The molecule has 0 fully saturated rings. The monoisotopic (exact) mass is 248 g/mol. The number of hydrogen-bond acceptors (Lipinski definition) is 4. The molecule has 18 heavy (non-hydrogen) atoms. The quantitative estimate of drug-likeness (QED) is 0.593. The number of hydrogen-bond donors (Lipinski definition) is 0. The molecule has 0 aliphatic rings. The Hall–Kier alpha value is -2.10. The molecule has 1 unspecified atom stereocenters. The van der Waals surface area contributed by atoms with Gasteiger partial charge in [0.2, 0.25) is 6.10 Å². The van der Waals surface area contributed by atoms with Gasteiger partial charge in [-0.3, -0.25) is 0 Å². The van der Waals surface area contributed by atoms with Crippen molar-refractivity contribution in [3.8, 4) is 0 Å². The molecule has 0 bridgehead atoms. The van der Waals surface area contributed by atoms with Crippen LogP contribution in [-0.4, -0.2) is 24.6 Å². The van der Waals surface area contributed by atoms with E-state index in [1.807, 2.05) is 0 Å². The van der Waals surface area contributed by atoms with Crippen LogP contribution in [0.2, 0.25) is 0 Å². The second-order valence-corrected chi connectivity index (χ2v) is 3.75. The third-order valence-corrected chi connectivity index (χ3v) is 2.18. The summed E-state index contributed by atoms with van der Waals surface area (Å²) in [6.07, 6.45) is -1.06. The zero-order valence-electron chi connectivity index (χ0n) is 10.5. The van der Waals surface area contributed by atoms with Gasteiger partial charge in [0.15, 0.2) is 0 Å². The largest absolute Gasteiger partial charge is 0.463 e. The molecule has 1 aromatic carbocycles. The van der Waals surface area contributed by atoms with Crippen LogP contribution in [0.4, 0.5) is 0 Å². The van der Waals surface area contributed by atoms with Crippen LogP contribution >= 0.6 is 0 Å². The van der Waals surface area contributed by atoms with E-state index < -0.39 is 18.0 Å². The van der Waals surface area contributed by atoms with Crippen LogP contribution in [0.15, 0.2) is 42.5 Å². The summed E-state index contributed by atoms with van der Waals surface area (Å²) < 4.78 is 9.92. The molecule has 4 heteroatoms. The van der Waals surface area contributed by atoms with Crippen molar-refractivity contribution >= 4 is 11.9 Å². The number of carbonyl (C=O) groups is 2. The van der Waals surface area contributed by atoms with Gasteiger partial charge in [0.05, 0.1) is 12.2 Å². The number of ether oxygens (including phenoxy) is 2. The molecular weight excluding hydrogens is 232 g/mol. The molecule has 0 aromatic heterocycles. The maximum atomic E-state index is 11.8. The molecular formula is C14H16O4. The maximum Gasteiger partial charge on any atom is 0.351 e. The Morgan fingerprint density at radius 2 is 1.89 bits per heavy atom. The number of rotatable bonds is 5. The summed E-state index contributed by atoms with van der Waals surface area (Å²) in [6, 6.07) is 8.46. The average molecular weight is 248 g/mol. The SMILES string of the molecule is C=C(C)C(OC(=O)c1ccccc1)C(=O)OCC. The molecule has 0 aliphatic heterocycles. The fourth-order valence-electron chi connectivity index (χ4n) is 1.32. The fourth-order valence-corrected chi connectivity index (χ4v) is 1.32. The molecule has 0 amide bonds. The molecule has 0 radical (unpaired) electrons. The third-order valence-electron chi connectivity index (χ3n) is 2.18. The molecule has 4 nitrogen and oxygen atoms in total. The smallest absolute Gasteiger partial charge is 0.351 e. The average Bonchev–Trinajstić information content (AvgIpc) is 2.36. The summed E-state index contributed by atoms with van der Waals surface area (Å²) in [4.78, 5) is 23.4.